The van der Waals surface area contributed by atoms with E-state index in [4.69, 9.17) is 43.2 Å². The molecule has 2 aliphatic rings. The Hall–Kier alpha value is -5.83. The first-order chi connectivity index (χ1) is 24.2. The molecule has 11 heteroatoms. The van der Waals surface area contributed by atoms with E-state index in [1.165, 1.54) is 0 Å². The SMILES string of the molecule is [Cl][Ru][O]c1ccccc1.c1ccc2c(c1)-c1nc-2nc2[nH]c(nc3nc(nc4[nH]c(n1)c1ccccc41)-c1ccccc1-3)c1ccccc21. The van der Waals surface area contributed by atoms with Crippen LogP contribution in [0.2, 0.25) is 0 Å². The number of aromatic amines is 2. The van der Waals surface area contributed by atoms with E-state index in [0.29, 0.717) is 45.9 Å². The fourth-order valence-corrected chi connectivity index (χ4v) is 6.85. The van der Waals surface area contributed by atoms with Crippen molar-refractivity contribution >= 4 is 53.8 Å². The summed E-state index contributed by atoms with van der Waals surface area (Å²) in [7, 11) is 5.40. The van der Waals surface area contributed by atoms with E-state index in [0.717, 1.165) is 49.5 Å². The predicted octanol–water partition coefficient (Wildman–Crippen LogP) is 9.09. The molecule has 0 amide bonds. The number of fused-ring (bicyclic) bond motifs is 20. The Kier molecular flexibility index (Phi) is 7.37. The molecule has 5 aromatic carbocycles. The molecule has 0 atom stereocenters. The summed E-state index contributed by atoms with van der Waals surface area (Å²) in [5, 5.41) is 3.82. The molecule has 0 fully saturated rings. The van der Waals surface area contributed by atoms with E-state index in [-0.39, 0.29) is 0 Å². The van der Waals surface area contributed by atoms with Crippen molar-refractivity contribution in [1.82, 2.24) is 39.9 Å². The molecule has 5 heterocycles. The molecular weight excluding hydrogens is 721 g/mol. The topological polar surface area (TPSA) is 118 Å². The van der Waals surface area contributed by atoms with Crippen LogP contribution in [0.1, 0.15) is 0 Å². The average molecular weight is 744 g/mol. The Labute approximate surface area is 291 Å². The van der Waals surface area contributed by atoms with Gasteiger partial charge in [-0.25, -0.2) is 29.9 Å². The summed E-state index contributed by atoms with van der Waals surface area (Å²) >= 11 is -0.451. The van der Waals surface area contributed by atoms with Gasteiger partial charge in [-0.3, -0.25) is 0 Å². The minimum absolute atomic E-state index is 0.451. The molecule has 8 aromatic rings. The fourth-order valence-electron chi connectivity index (χ4n) is 6.09. The van der Waals surface area contributed by atoms with Crippen molar-refractivity contribution < 1.29 is 20.1 Å². The van der Waals surface area contributed by atoms with Crippen molar-refractivity contribution in [1.29, 1.82) is 0 Å². The second kappa shape index (κ2) is 12.3. The molecule has 9 nitrogen and oxygen atoms in total. The maximum atomic E-state index is 5.40. The van der Waals surface area contributed by atoms with Gasteiger partial charge in [-0.05, 0) is 0 Å². The van der Waals surface area contributed by atoms with Crippen LogP contribution in [0.4, 0.5) is 0 Å². The van der Waals surface area contributed by atoms with Crippen LogP contribution < -0.4 is 3.56 Å². The molecule has 10 rings (SSSR count). The number of nitrogens with zero attached hydrogens (tertiary/aromatic N) is 6. The average Bonchev–Trinajstić information content (AvgIpc) is 3.88. The molecule has 3 aromatic heterocycles. The van der Waals surface area contributed by atoms with Crippen molar-refractivity contribution in [2.24, 2.45) is 0 Å². The van der Waals surface area contributed by atoms with E-state index >= 15 is 0 Å². The number of para-hydroxylation sites is 1. The number of hydrogen-bond acceptors (Lipinski definition) is 7. The third-order valence-corrected chi connectivity index (χ3v) is 9.18. The summed E-state index contributed by atoms with van der Waals surface area (Å²) in [4.78, 5) is 36.8. The van der Waals surface area contributed by atoms with Crippen molar-refractivity contribution in [3.8, 4) is 51.3 Å². The van der Waals surface area contributed by atoms with Crippen LogP contribution in [-0.4, -0.2) is 39.9 Å². The van der Waals surface area contributed by atoms with E-state index < -0.39 is 16.5 Å². The molecule has 2 aliphatic heterocycles. The first-order valence-electron chi connectivity index (χ1n) is 15.4. The van der Waals surface area contributed by atoms with Crippen molar-refractivity contribution in [2.45, 2.75) is 0 Å². The Bertz CT molecular complexity index is 2390. The maximum Gasteiger partial charge on any atom is 0.164 e. The molecule has 236 valence electrons. The van der Waals surface area contributed by atoms with Crippen molar-refractivity contribution in [2.75, 3.05) is 0 Å². The third-order valence-electron chi connectivity index (χ3n) is 8.31. The Morgan fingerprint density at radius 2 is 0.694 bits per heavy atom. The molecule has 2 N–H and O–H groups in total. The molecule has 0 saturated carbocycles. The van der Waals surface area contributed by atoms with Crippen LogP contribution in [-0.2, 0) is 16.5 Å². The van der Waals surface area contributed by atoms with E-state index in [1.54, 1.807) is 0 Å². The predicted molar refractivity (Wildman–Crippen MR) is 189 cm³/mol. The number of aromatic nitrogens is 8. The second-order valence-corrected chi connectivity index (χ2v) is 12.5. The van der Waals surface area contributed by atoms with Gasteiger partial charge in [0.25, 0.3) is 0 Å². The minimum Gasteiger partial charge on any atom is -0.324 e. The van der Waals surface area contributed by atoms with Gasteiger partial charge in [0.2, 0.25) is 0 Å². The quantitative estimate of drug-likeness (QED) is 0.170. The first kappa shape index (κ1) is 29.3. The van der Waals surface area contributed by atoms with Gasteiger partial charge in [-0.2, -0.15) is 0 Å². The summed E-state index contributed by atoms with van der Waals surface area (Å²) in [6, 6.07) is 41.8. The number of benzene rings is 5. The smallest absolute Gasteiger partial charge is 0.164 e. The molecule has 0 radical (unpaired) electrons. The van der Waals surface area contributed by atoms with Crippen molar-refractivity contribution in [3.63, 3.8) is 0 Å². The summed E-state index contributed by atoms with van der Waals surface area (Å²) in [5.41, 5.74) is 6.45. The van der Waals surface area contributed by atoms with Crippen LogP contribution in [0.15, 0.2) is 127 Å². The van der Waals surface area contributed by atoms with Gasteiger partial charge >= 0.3 is 65.8 Å². The standard InChI is InChI=1S/C32H18N8.C6H6O.ClH.Ru/c1-2-10-18-17(9-1)25-33-26(18)38-28-21-13-5-6-14-22(21)30(35-28)40-32-24-16-8-7-15-23(24)31(36-32)39-29-20-12-4-3-11-19(20)27(34-29)37-25;7-6-4-2-1-3-5-6;;/h1-16H,(H2,33,34,35,36,37,38,39,40);1-5,7H;1H;/q;;;+2/p-2. The maximum absolute atomic E-state index is 5.40. The Balaban J connectivity index is 0.000000317. The Morgan fingerprint density at radius 3 is 1.02 bits per heavy atom. The van der Waals surface area contributed by atoms with Gasteiger partial charge < -0.3 is 9.97 Å². The van der Waals surface area contributed by atoms with Gasteiger partial charge in [0.05, 0.1) is 0 Å². The summed E-state index contributed by atoms with van der Waals surface area (Å²) < 4.78 is 5.06. The van der Waals surface area contributed by atoms with Gasteiger partial charge in [-0.15, -0.1) is 0 Å². The van der Waals surface area contributed by atoms with Gasteiger partial charge in [-0.1, -0.05) is 97.1 Å². The molecule has 0 aliphatic carbocycles. The van der Waals surface area contributed by atoms with E-state index in [9.17, 15) is 0 Å². The second-order valence-electron chi connectivity index (χ2n) is 11.2. The molecule has 8 bridgehead atoms. The zero-order valence-electron chi connectivity index (χ0n) is 25.4. The van der Waals surface area contributed by atoms with E-state index in [2.05, 4.69) is 9.97 Å². The van der Waals surface area contributed by atoms with Gasteiger partial charge in [0.1, 0.15) is 22.6 Å². The summed E-state index contributed by atoms with van der Waals surface area (Å²) in [5.74, 6) is 3.24. The number of hydrogen-bond donors (Lipinski definition) is 2. The molecule has 0 spiro atoms. The largest absolute Gasteiger partial charge is 0.324 e. The van der Waals surface area contributed by atoms with Gasteiger partial charge in [0.15, 0.2) is 23.3 Å². The van der Waals surface area contributed by atoms with Crippen molar-refractivity contribution in [3.05, 3.63) is 127 Å². The molecular formula is C38H23ClN8ORu. The van der Waals surface area contributed by atoms with Crippen LogP contribution in [0.25, 0.3) is 89.7 Å². The zero-order chi connectivity index (χ0) is 32.7. The monoisotopic (exact) mass is 744 g/mol. The van der Waals surface area contributed by atoms with Crippen LogP contribution in [0, 0.1) is 0 Å². The zero-order valence-corrected chi connectivity index (χ0v) is 27.9. The van der Waals surface area contributed by atoms with Crippen LogP contribution in [0.3, 0.4) is 0 Å². The molecule has 49 heavy (non-hydrogen) atoms. The van der Waals surface area contributed by atoms with Crippen LogP contribution in [0.5, 0.6) is 5.75 Å². The number of halogens is 1. The van der Waals surface area contributed by atoms with Crippen LogP contribution >= 0.6 is 9.69 Å². The third kappa shape index (κ3) is 5.31. The summed E-state index contributed by atoms with van der Waals surface area (Å²) in [6.45, 7) is 0. The van der Waals surface area contributed by atoms with E-state index in [1.807, 2.05) is 127 Å². The van der Waals surface area contributed by atoms with Gasteiger partial charge in [0, 0.05) is 43.8 Å². The molecule has 0 saturated heterocycles. The number of nitrogens with one attached hydrogen (secondary N) is 2. The number of H-pyrrole nitrogens is 2. The minimum atomic E-state index is -0.451. The normalized spacial score (nSPS) is 11.5. The first-order valence-corrected chi connectivity index (χ1v) is 18.3. The fraction of sp³-hybridized carbons (Fsp3) is 0. The summed E-state index contributed by atoms with van der Waals surface area (Å²) in [6.07, 6.45) is 0. The molecule has 0 unspecified atom stereocenters. The number of rotatable bonds is 2. The Morgan fingerprint density at radius 1 is 0.388 bits per heavy atom.